The molecule has 4 saturated carbocycles. The van der Waals surface area contributed by atoms with E-state index in [2.05, 4.69) is 0 Å². The molecule has 106 valence electrons. The summed E-state index contributed by atoms with van der Waals surface area (Å²) in [6.07, 6.45) is 7.23. The van der Waals surface area contributed by atoms with Gasteiger partial charge >= 0.3 is 5.97 Å². The molecule has 19 heavy (non-hydrogen) atoms. The minimum absolute atomic E-state index is 0.000722. The molecule has 0 radical (unpaired) electrons. The first-order chi connectivity index (χ1) is 8.98. The zero-order chi connectivity index (χ0) is 13.6. The van der Waals surface area contributed by atoms with Crippen LogP contribution in [0.3, 0.4) is 0 Å². The molecule has 0 spiro atoms. The molecule has 4 nitrogen and oxygen atoms in total. The van der Waals surface area contributed by atoms with Crippen LogP contribution in [0.15, 0.2) is 0 Å². The van der Waals surface area contributed by atoms with E-state index in [9.17, 15) is 9.59 Å². The van der Waals surface area contributed by atoms with Gasteiger partial charge in [-0.15, -0.1) is 0 Å². The molecule has 4 bridgehead atoms. The van der Waals surface area contributed by atoms with E-state index in [0.29, 0.717) is 0 Å². The summed E-state index contributed by atoms with van der Waals surface area (Å²) < 4.78 is 0. The first-order valence-electron chi connectivity index (χ1n) is 7.50. The van der Waals surface area contributed by atoms with Gasteiger partial charge in [0.2, 0.25) is 0 Å². The molecule has 1 atom stereocenters. The Hall–Kier alpha value is -0.900. The van der Waals surface area contributed by atoms with Crippen LogP contribution in [0.25, 0.3) is 0 Å². The summed E-state index contributed by atoms with van der Waals surface area (Å²) in [5, 5.41) is 8.71. The van der Waals surface area contributed by atoms with Gasteiger partial charge in [-0.2, -0.15) is 0 Å². The predicted octanol–water partition coefficient (Wildman–Crippen LogP) is 1.96. The fourth-order valence-corrected chi connectivity index (χ4v) is 5.22. The third-order valence-electron chi connectivity index (χ3n) is 5.57. The van der Waals surface area contributed by atoms with E-state index in [1.54, 1.807) is 0 Å². The van der Waals surface area contributed by atoms with Gasteiger partial charge in [0.05, 0.1) is 6.04 Å². The number of ketones is 1. The van der Waals surface area contributed by atoms with Crippen LogP contribution in [0.1, 0.15) is 51.4 Å². The molecule has 4 aliphatic carbocycles. The van der Waals surface area contributed by atoms with E-state index in [0.717, 1.165) is 37.0 Å². The maximum atomic E-state index is 12.7. The molecule has 1 unspecified atom stereocenters. The average Bonchev–Trinajstić information content (AvgIpc) is 2.33. The summed E-state index contributed by atoms with van der Waals surface area (Å²) in [6.45, 7) is 0. The molecule has 0 aromatic carbocycles. The Labute approximate surface area is 113 Å². The van der Waals surface area contributed by atoms with Crippen molar-refractivity contribution in [2.45, 2.75) is 57.4 Å². The fraction of sp³-hybridized carbons (Fsp3) is 0.867. The summed E-state index contributed by atoms with van der Waals surface area (Å²) in [5.74, 6) is 1.47. The first-order valence-corrected chi connectivity index (χ1v) is 7.50. The van der Waals surface area contributed by atoms with Crippen molar-refractivity contribution >= 4 is 11.8 Å². The molecular formula is C15H23NO3. The van der Waals surface area contributed by atoms with Crippen LogP contribution >= 0.6 is 0 Å². The largest absolute Gasteiger partial charge is 0.481 e. The van der Waals surface area contributed by atoms with Gasteiger partial charge in [-0.25, -0.2) is 0 Å². The van der Waals surface area contributed by atoms with Crippen LogP contribution < -0.4 is 5.73 Å². The van der Waals surface area contributed by atoms with E-state index >= 15 is 0 Å². The van der Waals surface area contributed by atoms with Gasteiger partial charge in [-0.1, -0.05) is 0 Å². The van der Waals surface area contributed by atoms with E-state index in [-0.39, 0.29) is 24.0 Å². The van der Waals surface area contributed by atoms with Crippen LogP contribution in [0.5, 0.6) is 0 Å². The molecule has 4 fully saturated rings. The predicted molar refractivity (Wildman–Crippen MR) is 70.5 cm³/mol. The van der Waals surface area contributed by atoms with Gasteiger partial charge in [0, 0.05) is 11.8 Å². The molecule has 0 amide bonds. The fourth-order valence-electron chi connectivity index (χ4n) is 5.22. The Morgan fingerprint density at radius 3 is 2.00 bits per heavy atom. The Balaban J connectivity index is 1.70. The van der Waals surface area contributed by atoms with Gasteiger partial charge in [-0.05, 0) is 62.7 Å². The number of Topliss-reactive ketones (excluding diaryl/α,β-unsaturated/α-hetero) is 1. The average molecular weight is 265 g/mol. The van der Waals surface area contributed by atoms with Gasteiger partial charge < -0.3 is 10.8 Å². The summed E-state index contributed by atoms with van der Waals surface area (Å²) in [5.41, 5.74) is 5.79. The maximum absolute atomic E-state index is 12.7. The van der Waals surface area contributed by atoms with Crippen molar-refractivity contribution in [3.8, 4) is 0 Å². The molecule has 0 heterocycles. The van der Waals surface area contributed by atoms with E-state index in [1.165, 1.54) is 19.3 Å². The van der Waals surface area contributed by atoms with E-state index < -0.39 is 12.0 Å². The number of carboxylic acid groups (broad SMARTS) is 1. The number of aliphatic carboxylic acids is 1. The van der Waals surface area contributed by atoms with Crippen molar-refractivity contribution in [1.82, 2.24) is 0 Å². The lowest BCUT2D eigenvalue weighted by atomic mass is 9.48. The summed E-state index contributed by atoms with van der Waals surface area (Å²) in [4.78, 5) is 23.3. The zero-order valence-corrected chi connectivity index (χ0v) is 11.3. The highest BCUT2D eigenvalue weighted by Gasteiger charge is 2.55. The summed E-state index contributed by atoms with van der Waals surface area (Å²) in [7, 11) is 0. The molecule has 0 aromatic rings. The maximum Gasteiger partial charge on any atom is 0.303 e. The summed E-state index contributed by atoms with van der Waals surface area (Å²) >= 11 is 0. The molecule has 0 saturated heterocycles. The number of rotatable bonds is 5. The number of hydrogen-bond donors (Lipinski definition) is 2. The Morgan fingerprint density at radius 1 is 1.11 bits per heavy atom. The van der Waals surface area contributed by atoms with Crippen molar-refractivity contribution in [1.29, 1.82) is 0 Å². The topological polar surface area (TPSA) is 80.4 Å². The molecule has 3 N–H and O–H groups in total. The Morgan fingerprint density at radius 2 is 1.58 bits per heavy atom. The third-order valence-corrected chi connectivity index (χ3v) is 5.57. The molecule has 0 aliphatic heterocycles. The lowest BCUT2D eigenvalue weighted by Crippen LogP contribution is -2.54. The third kappa shape index (κ3) is 2.31. The normalized spacial score (nSPS) is 41.2. The SMILES string of the molecule is NC(CCC(=O)O)C(=O)C12CC3CC(CC(C3)C1)C2. The number of nitrogens with two attached hydrogens (primary N) is 1. The van der Waals surface area contributed by atoms with Crippen LogP contribution in [-0.4, -0.2) is 22.9 Å². The monoisotopic (exact) mass is 265 g/mol. The number of carbonyl (C=O) groups excluding carboxylic acids is 1. The van der Waals surface area contributed by atoms with Gasteiger partial charge in [0.15, 0.2) is 5.78 Å². The number of hydrogen-bond acceptors (Lipinski definition) is 3. The number of carbonyl (C=O) groups is 2. The lowest BCUT2D eigenvalue weighted by molar-refractivity contribution is -0.145. The van der Waals surface area contributed by atoms with E-state index in [4.69, 9.17) is 10.8 Å². The highest BCUT2D eigenvalue weighted by molar-refractivity contribution is 5.90. The second-order valence-electron chi connectivity index (χ2n) is 7.10. The molecule has 0 aromatic heterocycles. The van der Waals surface area contributed by atoms with Crippen LogP contribution in [0.4, 0.5) is 0 Å². The van der Waals surface area contributed by atoms with Crippen LogP contribution in [0, 0.1) is 23.2 Å². The van der Waals surface area contributed by atoms with Crippen LogP contribution in [0.2, 0.25) is 0 Å². The standard InChI is InChI=1S/C15H23NO3/c16-12(1-2-13(17)18)14(19)15-6-9-3-10(7-15)5-11(4-9)8-15/h9-12H,1-8,16H2,(H,17,18). The van der Waals surface area contributed by atoms with Gasteiger partial charge in [0.1, 0.15) is 0 Å². The van der Waals surface area contributed by atoms with Crippen molar-refractivity contribution < 1.29 is 14.7 Å². The van der Waals surface area contributed by atoms with Crippen molar-refractivity contribution in [2.24, 2.45) is 28.9 Å². The van der Waals surface area contributed by atoms with Crippen molar-refractivity contribution in [3.63, 3.8) is 0 Å². The quantitative estimate of drug-likeness (QED) is 0.796. The molecule has 4 rings (SSSR count). The van der Waals surface area contributed by atoms with Gasteiger partial charge in [0.25, 0.3) is 0 Å². The van der Waals surface area contributed by atoms with Crippen molar-refractivity contribution in [2.75, 3.05) is 0 Å². The molecular weight excluding hydrogens is 242 g/mol. The smallest absolute Gasteiger partial charge is 0.303 e. The van der Waals surface area contributed by atoms with E-state index in [1.807, 2.05) is 0 Å². The summed E-state index contributed by atoms with van der Waals surface area (Å²) in [6, 6.07) is -0.577. The highest BCUT2D eigenvalue weighted by atomic mass is 16.4. The Kier molecular flexibility index (Phi) is 3.16. The Bertz CT molecular complexity index is 369. The zero-order valence-electron chi connectivity index (χ0n) is 11.3. The minimum atomic E-state index is -0.867. The lowest BCUT2D eigenvalue weighted by Gasteiger charge is -2.56. The van der Waals surface area contributed by atoms with Gasteiger partial charge in [-0.3, -0.25) is 9.59 Å². The van der Waals surface area contributed by atoms with Crippen molar-refractivity contribution in [3.05, 3.63) is 0 Å². The second-order valence-corrected chi connectivity index (χ2v) is 7.10. The highest BCUT2D eigenvalue weighted by Crippen LogP contribution is 2.60. The molecule has 4 heteroatoms. The van der Waals surface area contributed by atoms with Crippen LogP contribution in [-0.2, 0) is 9.59 Å². The minimum Gasteiger partial charge on any atom is -0.481 e. The number of carboxylic acids is 1. The second kappa shape index (κ2) is 4.58. The first kappa shape index (κ1) is 13.1. The molecule has 4 aliphatic rings.